The van der Waals surface area contributed by atoms with Gasteiger partial charge in [0.2, 0.25) is 5.91 Å². The first-order valence-electron chi connectivity index (χ1n) is 6.75. The van der Waals surface area contributed by atoms with Crippen molar-refractivity contribution in [3.05, 3.63) is 0 Å². The fourth-order valence-corrected chi connectivity index (χ4v) is 2.28. The topological polar surface area (TPSA) is 58.6 Å². The lowest BCUT2D eigenvalue weighted by Crippen LogP contribution is -2.32. The average molecular weight is 243 g/mol. The number of carbonyl (C=O) groups excluding carboxylic acids is 1. The summed E-state index contributed by atoms with van der Waals surface area (Å²) in [6, 6.07) is 0. The van der Waals surface area contributed by atoms with E-state index in [0.717, 1.165) is 38.7 Å². The summed E-state index contributed by atoms with van der Waals surface area (Å²) < 4.78 is 5.42. The van der Waals surface area contributed by atoms with Gasteiger partial charge in [-0.25, -0.2) is 0 Å². The predicted octanol–water partition coefficient (Wildman–Crippen LogP) is 1.47. The molecule has 4 heteroatoms. The quantitative estimate of drug-likeness (QED) is 0.678. The maximum absolute atomic E-state index is 11.7. The Hall–Kier alpha value is -0.610. The molecule has 1 aliphatic rings. The van der Waals surface area contributed by atoms with E-state index in [1.54, 1.807) is 0 Å². The molecule has 0 bridgehead atoms. The van der Waals surface area contributed by atoms with Gasteiger partial charge in [-0.05, 0) is 31.6 Å². The molecule has 1 rings (SSSR count). The van der Waals surface area contributed by atoms with Crippen LogP contribution < -0.4 is 5.32 Å². The number of carbonyl (C=O) groups is 1. The van der Waals surface area contributed by atoms with E-state index in [0.29, 0.717) is 18.9 Å². The zero-order chi connectivity index (χ0) is 12.5. The van der Waals surface area contributed by atoms with Crippen molar-refractivity contribution in [2.75, 3.05) is 19.8 Å². The van der Waals surface area contributed by atoms with E-state index in [9.17, 15) is 4.79 Å². The first-order valence-corrected chi connectivity index (χ1v) is 6.75. The SMILES string of the molecule is CCCC(CCO)CNC(=O)CC1CCCO1. The van der Waals surface area contributed by atoms with Gasteiger partial charge in [0.05, 0.1) is 12.5 Å². The van der Waals surface area contributed by atoms with Gasteiger partial charge in [0.1, 0.15) is 0 Å². The van der Waals surface area contributed by atoms with Crippen molar-refractivity contribution in [1.29, 1.82) is 0 Å². The van der Waals surface area contributed by atoms with Gasteiger partial charge >= 0.3 is 0 Å². The number of amides is 1. The predicted molar refractivity (Wildman–Crippen MR) is 66.7 cm³/mol. The molecule has 17 heavy (non-hydrogen) atoms. The van der Waals surface area contributed by atoms with E-state index in [4.69, 9.17) is 9.84 Å². The van der Waals surface area contributed by atoms with Crippen LogP contribution in [0.1, 0.15) is 45.4 Å². The van der Waals surface area contributed by atoms with Crippen LogP contribution in [-0.2, 0) is 9.53 Å². The van der Waals surface area contributed by atoms with E-state index in [1.807, 2.05) is 0 Å². The molecule has 0 aromatic rings. The monoisotopic (exact) mass is 243 g/mol. The lowest BCUT2D eigenvalue weighted by Gasteiger charge is -2.16. The van der Waals surface area contributed by atoms with Gasteiger partial charge in [0, 0.05) is 19.8 Å². The second-order valence-electron chi connectivity index (χ2n) is 4.81. The van der Waals surface area contributed by atoms with E-state index < -0.39 is 0 Å². The number of nitrogens with one attached hydrogen (secondary N) is 1. The largest absolute Gasteiger partial charge is 0.396 e. The summed E-state index contributed by atoms with van der Waals surface area (Å²) >= 11 is 0. The molecular formula is C13H25NO3. The second kappa shape index (κ2) is 8.48. The Labute approximate surface area is 104 Å². The molecule has 1 fully saturated rings. The molecule has 2 unspecified atom stereocenters. The lowest BCUT2D eigenvalue weighted by atomic mass is 10.00. The van der Waals surface area contributed by atoms with Crippen molar-refractivity contribution in [2.24, 2.45) is 5.92 Å². The van der Waals surface area contributed by atoms with Crippen molar-refractivity contribution in [2.45, 2.75) is 51.6 Å². The highest BCUT2D eigenvalue weighted by Gasteiger charge is 2.19. The Balaban J connectivity index is 2.15. The summed E-state index contributed by atoms with van der Waals surface area (Å²) in [7, 11) is 0. The van der Waals surface area contributed by atoms with Crippen molar-refractivity contribution in [1.82, 2.24) is 5.32 Å². The molecule has 100 valence electrons. The van der Waals surface area contributed by atoms with Crippen LogP contribution in [0.5, 0.6) is 0 Å². The number of aliphatic hydroxyl groups excluding tert-OH is 1. The van der Waals surface area contributed by atoms with E-state index in [1.165, 1.54) is 0 Å². The third-order valence-electron chi connectivity index (χ3n) is 3.26. The Morgan fingerprint density at radius 2 is 2.35 bits per heavy atom. The highest BCUT2D eigenvalue weighted by molar-refractivity contribution is 5.76. The number of ether oxygens (including phenoxy) is 1. The van der Waals surface area contributed by atoms with Crippen LogP contribution in [0.2, 0.25) is 0 Å². The van der Waals surface area contributed by atoms with Gasteiger partial charge < -0.3 is 15.2 Å². The lowest BCUT2D eigenvalue weighted by molar-refractivity contribution is -0.123. The minimum atomic E-state index is 0.0796. The van der Waals surface area contributed by atoms with E-state index in [-0.39, 0.29) is 18.6 Å². The van der Waals surface area contributed by atoms with Gasteiger partial charge in [0.15, 0.2) is 0 Å². The summed E-state index contributed by atoms with van der Waals surface area (Å²) in [5, 5.41) is 11.9. The molecule has 2 atom stereocenters. The Morgan fingerprint density at radius 1 is 1.53 bits per heavy atom. The Morgan fingerprint density at radius 3 is 2.94 bits per heavy atom. The maximum Gasteiger partial charge on any atom is 0.222 e. The van der Waals surface area contributed by atoms with Crippen molar-refractivity contribution in [3.63, 3.8) is 0 Å². The molecule has 0 aromatic heterocycles. The molecule has 0 aliphatic carbocycles. The van der Waals surface area contributed by atoms with Gasteiger partial charge in [-0.15, -0.1) is 0 Å². The maximum atomic E-state index is 11.7. The molecule has 1 aliphatic heterocycles. The van der Waals surface area contributed by atoms with Gasteiger partial charge in [0.25, 0.3) is 0 Å². The summed E-state index contributed by atoms with van der Waals surface area (Å²) in [6.07, 6.45) is 5.60. The number of aliphatic hydroxyl groups is 1. The standard InChI is InChI=1S/C13H25NO3/c1-2-4-11(6-7-15)10-14-13(16)9-12-5-3-8-17-12/h11-12,15H,2-10H2,1H3,(H,14,16). The van der Waals surface area contributed by atoms with Crippen LogP contribution in [0.25, 0.3) is 0 Å². The summed E-state index contributed by atoms with van der Waals surface area (Å²) in [6.45, 7) is 3.80. The molecule has 1 heterocycles. The van der Waals surface area contributed by atoms with Crippen molar-refractivity contribution in [3.8, 4) is 0 Å². The van der Waals surface area contributed by atoms with Crippen LogP contribution in [0, 0.1) is 5.92 Å². The minimum absolute atomic E-state index is 0.0796. The van der Waals surface area contributed by atoms with Gasteiger partial charge in [-0.3, -0.25) is 4.79 Å². The molecule has 1 saturated heterocycles. The minimum Gasteiger partial charge on any atom is -0.396 e. The normalized spacial score (nSPS) is 21.4. The van der Waals surface area contributed by atoms with Crippen LogP contribution in [0.4, 0.5) is 0 Å². The molecule has 0 aromatic carbocycles. The van der Waals surface area contributed by atoms with Crippen LogP contribution in [-0.4, -0.2) is 36.9 Å². The highest BCUT2D eigenvalue weighted by atomic mass is 16.5. The number of hydrogen-bond acceptors (Lipinski definition) is 3. The van der Waals surface area contributed by atoms with E-state index in [2.05, 4.69) is 12.2 Å². The first-order chi connectivity index (χ1) is 8.26. The number of hydrogen-bond donors (Lipinski definition) is 2. The summed E-state index contributed by atoms with van der Waals surface area (Å²) in [5.74, 6) is 0.481. The molecule has 1 amide bonds. The van der Waals surface area contributed by atoms with E-state index >= 15 is 0 Å². The molecule has 4 nitrogen and oxygen atoms in total. The van der Waals surface area contributed by atoms with Crippen molar-refractivity contribution < 1.29 is 14.6 Å². The van der Waals surface area contributed by atoms with Crippen LogP contribution in [0.15, 0.2) is 0 Å². The van der Waals surface area contributed by atoms with Gasteiger partial charge in [-0.2, -0.15) is 0 Å². The Bertz CT molecular complexity index is 209. The molecule has 0 saturated carbocycles. The van der Waals surface area contributed by atoms with Crippen LogP contribution in [0.3, 0.4) is 0 Å². The fourth-order valence-electron chi connectivity index (χ4n) is 2.28. The number of rotatable bonds is 8. The second-order valence-corrected chi connectivity index (χ2v) is 4.81. The first kappa shape index (κ1) is 14.5. The zero-order valence-corrected chi connectivity index (χ0v) is 10.8. The molecule has 2 N–H and O–H groups in total. The van der Waals surface area contributed by atoms with Gasteiger partial charge in [-0.1, -0.05) is 13.3 Å². The summed E-state index contributed by atoms with van der Waals surface area (Å²) in [4.78, 5) is 11.7. The molecular weight excluding hydrogens is 218 g/mol. The highest BCUT2D eigenvalue weighted by Crippen LogP contribution is 2.15. The smallest absolute Gasteiger partial charge is 0.222 e. The zero-order valence-electron chi connectivity index (χ0n) is 10.8. The third kappa shape index (κ3) is 6.03. The summed E-state index contributed by atoms with van der Waals surface area (Å²) in [5.41, 5.74) is 0. The molecule has 0 spiro atoms. The third-order valence-corrected chi connectivity index (χ3v) is 3.26. The van der Waals surface area contributed by atoms with Crippen molar-refractivity contribution >= 4 is 5.91 Å². The fraction of sp³-hybridized carbons (Fsp3) is 0.923. The van der Waals surface area contributed by atoms with Crippen LogP contribution >= 0.6 is 0 Å². The average Bonchev–Trinajstić information content (AvgIpc) is 2.79. The molecule has 0 radical (unpaired) electrons. The Kier molecular flexibility index (Phi) is 7.21.